The average molecular weight is 565 g/mol. The van der Waals surface area contributed by atoms with E-state index < -0.39 is 80.7 Å². The zero-order chi connectivity index (χ0) is 28.5. The summed E-state index contributed by atoms with van der Waals surface area (Å²) in [7, 11) is 0. The van der Waals surface area contributed by atoms with Crippen LogP contribution in [0.5, 0.6) is 0 Å². The highest BCUT2D eigenvalue weighted by atomic mass is 32.2. The second-order valence-corrected chi connectivity index (χ2v) is 12.5. The van der Waals surface area contributed by atoms with Crippen molar-refractivity contribution in [3.8, 4) is 0 Å². The van der Waals surface area contributed by atoms with Crippen LogP contribution in [0.1, 0.15) is 50.6 Å². The van der Waals surface area contributed by atoms with Gasteiger partial charge in [0.2, 0.25) is 10.9 Å². The van der Waals surface area contributed by atoms with E-state index in [1.807, 2.05) is 0 Å². The number of fused-ring (bicyclic) bond motifs is 5. The Labute approximate surface area is 227 Å². The lowest BCUT2D eigenvalue weighted by molar-refractivity contribution is -0.221. The van der Waals surface area contributed by atoms with Gasteiger partial charge in [0.25, 0.3) is 0 Å². The lowest BCUT2D eigenvalue weighted by Gasteiger charge is -2.63. The fraction of sp³-hybridized carbons (Fsp3) is 0.571. The van der Waals surface area contributed by atoms with Gasteiger partial charge >= 0.3 is 11.9 Å². The van der Waals surface area contributed by atoms with Crippen molar-refractivity contribution < 1.29 is 47.3 Å². The van der Waals surface area contributed by atoms with Gasteiger partial charge < -0.3 is 19.4 Å². The van der Waals surface area contributed by atoms with Gasteiger partial charge in [-0.2, -0.15) is 0 Å². The molecule has 0 bridgehead atoms. The maximum Gasteiger partial charge on any atom is 0.375 e. The number of hydrogen-bond donors (Lipinski definition) is 2. The molecular weight excluding hydrogens is 534 g/mol. The number of carbonyl (C=O) groups is 4. The van der Waals surface area contributed by atoms with E-state index in [2.05, 4.69) is 0 Å². The van der Waals surface area contributed by atoms with Crippen LogP contribution in [0.2, 0.25) is 0 Å². The molecule has 0 radical (unpaired) electrons. The van der Waals surface area contributed by atoms with Crippen molar-refractivity contribution in [1.29, 1.82) is 0 Å². The van der Waals surface area contributed by atoms with Crippen LogP contribution < -0.4 is 0 Å². The quantitative estimate of drug-likeness (QED) is 0.508. The molecule has 11 heteroatoms. The number of allylic oxidation sites excluding steroid dienone is 4. The number of alkyl halides is 2. The molecule has 1 aromatic heterocycles. The Morgan fingerprint density at radius 3 is 2.59 bits per heavy atom. The molecular formula is C28H30F2O8S. The highest BCUT2D eigenvalue weighted by Crippen LogP contribution is 2.72. The van der Waals surface area contributed by atoms with E-state index in [0.717, 1.165) is 6.08 Å². The van der Waals surface area contributed by atoms with Crippen LogP contribution in [0.3, 0.4) is 0 Å². The molecule has 5 rings (SSSR count). The zero-order valence-corrected chi connectivity index (χ0v) is 22.5. The molecule has 0 aromatic carbocycles. The van der Waals surface area contributed by atoms with Crippen LogP contribution in [-0.2, 0) is 19.1 Å². The van der Waals surface area contributed by atoms with Crippen molar-refractivity contribution in [2.24, 2.45) is 28.6 Å². The summed E-state index contributed by atoms with van der Waals surface area (Å²) in [6.45, 7) is 4.76. The Balaban J connectivity index is 1.63. The first-order valence-electron chi connectivity index (χ1n) is 12.8. The van der Waals surface area contributed by atoms with Gasteiger partial charge in [0, 0.05) is 22.7 Å². The highest BCUT2D eigenvalue weighted by molar-refractivity contribution is 8.14. The number of carboxylic acid groups (broad SMARTS) is 1. The van der Waals surface area contributed by atoms with Gasteiger partial charge in [-0.3, -0.25) is 14.4 Å². The Morgan fingerprint density at radius 2 is 1.95 bits per heavy atom. The van der Waals surface area contributed by atoms with Gasteiger partial charge in [-0.25, -0.2) is 13.6 Å². The molecule has 210 valence electrons. The Morgan fingerprint density at radius 1 is 1.23 bits per heavy atom. The van der Waals surface area contributed by atoms with Gasteiger partial charge in [-0.05, 0) is 62.0 Å². The van der Waals surface area contributed by atoms with Crippen molar-refractivity contribution >= 4 is 34.6 Å². The molecule has 39 heavy (non-hydrogen) atoms. The number of ether oxygens (including phenoxy) is 1. The molecule has 0 spiro atoms. The number of halogens is 2. The summed E-state index contributed by atoms with van der Waals surface area (Å²) >= 11 is 0.472. The first-order valence-corrected chi connectivity index (χ1v) is 13.8. The topological polar surface area (TPSA) is 131 Å². The number of thioether (sulfide) groups is 1. The fourth-order valence-corrected chi connectivity index (χ4v) is 8.99. The monoisotopic (exact) mass is 564 g/mol. The molecule has 2 N–H and O–H groups in total. The van der Waals surface area contributed by atoms with Crippen molar-refractivity contribution in [2.45, 2.75) is 63.6 Å². The Hall–Kier alpha value is -2.79. The maximum absolute atomic E-state index is 17.4. The second kappa shape index (κ2) is 9.12. The van der Waals surface area contributed by atoms with Gasteiger partial charge in [0.15, 0.2) is 17.1 Å². The molecule has 0 amide bonds. The van der Waals surface area contributed by atoms with Crippen LogP contribution in [0, 0.1) is 28.6 Å². The number of hydrogen-bond acceptors (Lipinski definition) is 8. The summed E-state index contributed by atoms with van der Waals surface area (Å²) in [5.41, 5.74) is -7.33. The van der Waals surface area contributed by atoms with E-state index in [1.54, 1.807) is 13.8 Å². The van der Waals surface area contributed by atoms with Crippen molar-refractivity contribution in [3.63, 3.8) is 0 Å². The molecule has 1 heterocycles. The van der Waals surface area contributed by atoms with Gasteiger partial charge in [0.1, 0.15) is 6.17 Å². The number of ketones is 1. The minimum absolute atomic E-state index is 0.0222. The first kappa shape index (κ1) is 27.8. The lowest BCUT2D eigenvalue weighted by atomic mass is 9.44. The first-order chi connectivity index (χ1) is 18.2. The van der Waals surface area contributed by atoms with Crippen LogP contribution in [0.15, 0.2) is 46.6 Å². The van der Waals surface area contributed by atoms with E-state index in [9.17, 15) is 29.4 Å². The standard InChI is InChI=1S/C28H30F2O8S/c1-14-9-16-17-11-19(29)18-10-15(31)6-7-25(18,2)27(17,30)21(32)12-26(16,3)28(14,24(36)39-13-22(33)34)38-23(35)20-5-4-8-37-20/h4-8,10,14,16-17,19,21,32H,9,11-13H2,1-3H3,(H,33,34)/t14-,16?,17?,19+,21+,25+,26+,27+,28+/m1/s1. The third-order valence-electron chi connectivity index (χ3n) is 9.77. The molecule has 9 atom stereocenters. The molecule has 4 aliphatic carbocycles. The molecule has 2 unspecified atom stereocenters. The third kappa shape index (κ3) is 3.65. The van der Waals surface area contributed by atoms with E-state index in [4.69, 9.17) is 9.15 Å². The number of aliphatic hydroxyl groups excluding tert-OH is 1. The van der Waals surface area contributed by atoms with E-state index in [0.29, 0.717) is 11.8 Å². The number of furan rings is 1. The Bertz CT molecular complexity index is 1290. The van der Waals surface area contributed by atoms with E-state index >= 15 is 8.78 Å². The predicted molar refractivity (Wildman–Crippen MR) is 135 cm³/mol. The second-order valence-electron chi connectivity index (χ2n) is 11.6. The van der Waals surface area contributed by atoms with Gasteiger partial charge in [-0.15, -0.1) is 0 Å². The lowest BCUT2D eigenvalue weighted by Crippen LogP contribution is -2.70. The largest absolute Gasteiger partial charge is 0.481 e. The third-order valence-corrected chi connectivity index (χ3v) is 10.7. The summed E-state index contributed by atoms with van der Waals surface area (Å²) in [5.74, 6) is -5.97. The number of aliphatic hydroxyl groups is 1. The van der Waals surface area contributed by atoms with Crippen LogP contribution in [0.25, 0.3) is 0 Å². The molecule has 0 aliphatic heterocycles. The number of carboxylic acids is 1. The van der Waals surface area contributed by atoms with E-state index in [1.165, 1.54) is 37.5 Å². The van der Waals surface area contributed by atoms with Crippen LogP contribution >= 0.6 is 11.8 Å². The molecule has 8 nitrogen and oxygen atoms in total. The average Bonchev–Trinajstić information content (AvgIpc) is 3.48. The van der Waals surface area contributed by atoms with Gasteiger partial charge in [-0.1, -0.05) is 31.7 Å². The van der Waals surface area contributed by atoms with Crippen molar-refractivity contribution in [3.05, 3.63) is 48.0 Å². The molecule has 3 saturated carbocycles. The minimum atomic E-state index is -2.37. The van der Waals surface area contributed by atoms with E-state index in [-0.39, 0.29) is 30.6 Å². The number of rotatable bonds is 5. The normalized spacial score (nSPS) is 42.7. The Kier molecular flexibility index (Phi) is 6.49. The number of esters is 1. The number of aliphatic carboxylic acids is 1. The highest BCUT2D eigenvalue weighted by Gasteiger charge is 2.78. The predicted octanol–water partition coefficient (Wildman–Crippen LogP) is 4.08. The van der Waals surface area contributed by atoms with Crippen molar-refractivity contribution in [2.75, 3.05) is 5.75 Å². The summed E-state index contributed by atoms with van der Waals surface area (Å²) in [4.78, 5) is 50.4. The zero-order valence-electron chi connectivity index (χ0n) is 21.7. The summed E-state index contributed by atoms with van der Waals surface area (Å²) in [6.07, 6.45) is 0.990. The SMILES string of the molecule is C[C@@H]1CC2C3C[C@H](F)C4=CC(=O)C=C[C@]4(C)[C@@]3(F)[C@@H](O)C[C@]2(C)[C@@]1(OC(=O)c1ccco1)C(=O)SCC(=O)O. The fourth-order valence-electron chi connectivity index (χ4n) is 8.04. The summed E-state index contributed by atoms with van der Waals surface area (Å²) in [5, 5.41) is 20.1. The molecule has 1 aromatic rings. The molecule has 4 aliphatic rings. The maximum atomic E-state index is 17.4. The summed E-state index contributed by atoms with van der Waals surface area (Å²) < 4.78 is 44.3. The molecule has 0 saturated heterocycles. The summed E-state index contributed by atoms with van der Waals surface area (Å²) in [6, 6.07) is 2.82. The van der Waals surface area contributed by atoms with Gasteiger partial charge in [0.05, 0.1) is 18.1 Å². The minimum Gasteiger partial charge on any atom is -0.481 e. The van der Waals surface area contributed by atoms with Crippen LogP contribution in [-0.4, -0.2) is 62.3 Å². The number of carbonyl (C=O) groups excluding carboxylic acids is 3. The molecule has 3 fully saturated rings. The van der Waals surface area contributed by atoms with Crippen LogP contribution in [0.4, 0.5) is 8.78 Å². The smallest absolute Gasteiger partial charge is 0.375 e. The van der Waals surface area contributed by atoms with Crippen molar-refractivity contribution in [1.82, 2.24) is 0 Å².